The molecule has 102 valence electrons. The summed E-state index contributed by atoms with van der Waals surface area (Å²) < 4.78 is 19.1. The topological polar surface area (TPSA) is 24.5 Å². The number of hydrogen-bond acceptors (Lipinski definition) is 3. The summed E-state index contributed by atoms with van der Waals surface area (Å²) in [5.74, 6) is 0.0595. The Hall–Kier alpha value is -1.13. The third kappa shape index (κ3) is 5.47. The van der Waals surface area contributed by atoms with Gasteiger partial charge in [0.2, 0.25) is 0 Å². The van der Waals surface area contributed by atoms with Gasteiger partial charge in [-0.15, -0.1) is 0 Å². The molecular formula is C14H23FN2O. The zero-order valence-electron chi connectivity index (χ0n) is 11.5. The van der Waals surface area contributed by atoms with Crippen molar-refractivity contribution in [3.63, 3.8) is 0 Å². The summed E-state index contributed by atoms with van der Waals surface area (Å²) in [6.07, 6.45) is 0.894. The molecule has 0 aromatic heterocycles. The largest absolute Gasteiger partial charge is 0.490 e. The van der Waals surface area contributed by atoms with Gasteiger partial charge in [-0.05, 0) is 44.8 Å². The molecular weight excluding hydrogens is 231 g/mol. The highest BCUT2D eigenvalue weighted by Gasteiger charge is 2.04. The first-order valence-electron chi connectivity index (χ1n) is 6.40. The normalized spacial score (nSPS) is 10.9. The van der Waals surface area contributed by atoms with Crippen molar-refractivity contribution in [1.82, 2.24) is 10.2 Å². The Bertz CT molecular complexity index is 356. The molecule has 3 nitrogen and oxygen atoms in total. The first-order valence-corrected chi connectivity index (χ1v) is 6.40. The second-order valence-corrected chi connectivity index (χ2v) is 4.55. The second kappa shape index (κ2) is 8.06. The van der Waals surface area contributed by atoms with Crippen molar-refractivity contribution in [2.75, 3.05) is 33.8 Å². The van der Waals surface area contributed by atoms with Gasteiger partial charge in [0.25, 0.3) is 0 Å². The first-order chi connectivity index (χ1) is 8.63. The summed E-state index contributed by atoms with van der Waals surface area (Å²) >= 11 is 0. The summed E-state index contributed by atoms with van der Waals surface area (Å²) in [6.45, 7) is 5.08. The van der Waals surface area contributed by atoms with Crippen molar-refractivity contribution < 1.29 is 9.13 Å². The SMILES string of the molecule is CCNCc1ccc(OCCCN(C)C)c(F)c1. The monoisotopic (exact) mass is 254 g/mol. The van der Waals surface area contributed by atoms with Gasteiger partial charge in [-0.3, -0.25) is 0 Å². The lowest BCUT2D eigenvalue weighted by Gasteiger charge is -2.11. The van der Waals surface area contributed by atoms with E-state index in [0.29, 0.717) is 18.9 Å². The Balaban J connectivity index is 2.42. The quantitative estimate of drug-likeness (QED) is 0.720. The number of ether oxygens (including phenoxy) is 1. The number of benzene rings is 1. The maximum absolute atomic E-state index is 13.7. The Morgan fingerprint density at radius 1 is 1.33 bits per heavy atom. The molecule has 0 aliphatic carbocycles. The average Bonchev–Trinajstić information content (AvgIpc) is 2.33. The predicted octanol–water partition coefficient (Wildman–Crippen LogP) is 2.27. The lowest BCUT2D eigenvalue weighted by atomic mass is 10.2. The van der Waals surface area contributed by atoms with Crippen LogP contribution in [0.5, 0.6) is 5.75 Å². The van der Waals surface area contributed by atoms with Crippen molar-refractivity contribution in [2.45, 2.75) is 19.9 Å². The summed E-state index contributed by atoms with van der Waals surface area (Å²) in [5, 5.41) is 3.16. The van der Waals surface area contributed by atoms with E-state index in [2.05, 4.69) is 10.2 Å². The van der Waals surface area contributed by atoms with Gasteiger partial charge in [-0.1, -0.05) is 13.0 Å². The molecule has 1 N–H and O–H groups in total. The van der Waals surface area contributed by atoms with Crippen LogP contribution in [0.25, 0.3) is 0 Å². The smallest absolute Gasteiger partial charge is 0.165 e. The van der Waals surface area contributed by atoms with Crippen molar-refractivity contribution in [3.8, 4) is 5.75 Å². The minimum atomic E-state index is -0.282. The fourth-order valence-electron chi connectivity index (χ4n) is 1.60. The van der Waals surface area contributed by atoms with E-state index in [9.17, 15) is 4.39 Å². The molecule has 0 spiro atoms. The van der Waals surface area contributed by atoms with Crippen LogP contribution in [0.2, 0.25) is 0 Å². The van der Waals surface area contributed by atoms with E-state index in [1.807, 2.05) is 27.1 Å². The van der Waals surface area contributed by atoms with Crippen molar-refractivity contribution in [1.29, 1.82) is 0 Å². The third-order valence-electron chi connectivity index (χ3n) is 2.58. The Morgan fingerprint density at radius 3 is 2.72 bits per heavy atom. The van der Waals surface area contributed by atoms with Gasteiger partial charge in [0.1, 0.15) is 0 Å². The first kappa shape index (κ1) is 14.9. The Labute approximate surface area is 109 Å². The van der Waals surface area contributed by atoms with E-state index in [0.717, 1.165) is 25.1 Å². The van der Waals surface area contributed by atoms with E-state index in [1.165, 1.54) is 6.07 Å². The van der Waals surface area contributed by atoms with Gasteiger partial charge >= 0.3 is 0 Å². The summed E-state index contributed by atoms with van der Waals surface area (Å²) in [6, 6.07) is 5.13. The Morgan fingerprint density at radius 2 is 2.11 bits per heavy atom. The van der Waals surface area contributed by atoms with Crippen LogP contribution < -0.4 is 10.1 Å². The maximum Gasteiger partial charge on any atom is 0.165 e. The van der Waals surface area contributed by atoms with Crippen LogP contribution in [0.15, 0.2) is 18.2 Å². The fraction of sp³-hybridized carbons (Fsp3) is 0.571. The molecule has 0 saturated carbocycles. The molecule has 0 amide bonds. The number of nitrogens with zero attached hydrogens (tertiary/aromatic N) is 1. The highest BCUT2D eigenvalue weighted by molar-refractivity contribution is 5.29. The van der Waals surface area contributed by atoms with Gasteiger partial charge in [0.05, 0.1) is 6.61 Å². The average molecular weight is 254 g/mol. The standard InChI is InChI=1S/C14H23FN2O/c1-4-16-11-12-6-7-14(13(15)10-12)18-9-5-8-17(2)3/h6-7,10,16H,4-5,8-9,11H2,1-3H3. The van der Waals surface area contributed by atoms with E-state index >= 15 is 0 Å². The van der Waals surface area contributed by atoms with Gasteiger partial charge in [0.15, 0.2) is 11.6 Å². The lowest BCUT2D eigenvalue weighted by Crippen LogP contribution is -2.15. The van der Waals surface area contributed by atoms with Gasteiger partial charge in [0, 0.05) is 13.1 Å². The summed E-state index contributed by atoms with van der Waals surface area (Å²) in [5.41, 5.74) is 0.940. The highest BCUT2D eigenvalue weighted by Crippen LogP contribution is 2.18. The predicted molar refractivity (Wildman–Crippen MR) is 72.4 cm³/mol. The van der Waals surface area contributed by atoms with E-state index < -0.39 is 0 Å². The molecule has 1 rings (SSSR count). The van der Waals surface area contributed by atoms with Gasteiger partial charge in [-0.2, -0.15) is 0 Å². The molecule has 0 fully saturated rings. The molecule has 4 heteroatoms. The van der Waals surface area contributed by atoms with Gasteiger partial charge < -0.3 is 15.0 Å². The number of halogens is 1. The summed E-state index contributed by atoms with van der Waals surface area (Å²) in [7, 11) is 4.02. The van der Waals surface area contributed by atoms with Crippen molar-refractivity contribution in [3.05, 3.63) is 29.6 Å². The molecule has 1 aromatic rings. The molecule has 1 aromatic carbocycles. The molecule has 0 aliphatic heterocycles. The number of hydrogen-bond donors (Lipinski definition) is 1. The zero-order valence-corrected chi connectivity index (χ0v) is 11.5. The molecule has 0 unspecified atom stereocenters. The van der Waals surface area contributed by atoms with E-state index in [-0.39, 0.29) is 5.82 Å². The van der Waals surface area contributed by atoms with Crippen LogP contribution in [0.3, 0.4) is 0 Å². The van der Waals surface area contributed by atoms with Crippen LogP contribution in [0.1, 0.15) is 18.9 Å². The van der Waals surface area contributed by atoms with Crippen LogP contribution >= 0.6 is 0 Å². The second-order valence-electron chi connectivity index (χ2n) is 4.55. The molecule has 0 heterocycles. The Kier molecular flexibility index (Phi) is 6.68. The molecule has 0 radical (unpaired) electrons. The summed E-state index contributed by atoms with van der Waals surface area (Å²) in [4.78, 5) is 2.08. The molecule has 0 aliphatic rings. The zero-order chi connectivity index (χ0) is 13.4. The van der Waals surface area contributed by atoms with Crippen molar-refractivity contribution >= 4 is 0 Å². The molecule has 0 bridgehead atoms. The highest BCUT2D eigenvalue weighted by atomic mass is 19.1. The maximum atomic E-state index is 13.7. The van der Waals surface area contributed by atoms with E-state index in [1.54, 1.807) is 6.07 Å². The minimum absolute atomic E-state index is 0.282. The van der Waals surface area contributed by atoms with Crippen LogP contribution in [0.4, 0.5) is 4.39 Å². The van der Waals surface area contributed by atoms with Crippen LogP contribution in [-0.4, -0.2) is 38.7 Å². The number of nitrogens with one attached hydrogen (secondary N) is 1. The number of rotatable bonds is 8. The fourth-order valence-corrected chi connectivity index (χ4v) is 1.60. The van der Waals surface area contributed by atoms with Crippen LogP contribution in [-0.2, 0) is 6.54 Å². The minimum Gasteiger partial charge on any atom is -0.490 e. The van der Waals surface area contributed by atoms with Crippen LogP contribution in [0, 0.1) is 5.82 Å². The van der Waals surface area contributed by atoms with E-state index in [4.69, 9.17) is 4.74 Å². The molecule has 0 saturated heterocycles. The lowest BCUT2D eigenvalue weighted by molar-refractivity contribution is 0.271. The molecule has 0 atom stereocenters. The van der Waals surface area contributed by atoms with Crippen molar-refractivity contribution in [2.24, 2.45) is 0 Å². The third-order valence-corrected chi connectivity index (χ3v) is 2.58. The van der Waals surface area contributed by atoms with Gasteiger partial charge in [-0.25, -0.2) is 4.39 Å². The molecule has 18 heavy (non-hydrogen) atoms.